The third-order valence-corrected chi connectivity index (χ3v) is 3.76. The number of halogens is 1. The molecule has 0 spiro atoms. The molecule has 0 bridgehead atoms. The molecule has 0 aliphatic rings. The summed E-state index contributed by atoms with van der Waals surface area (Å²) in [5, 5.41) is 3.35. The number of nitrogens with zero attached hydrogens (tertiary/aromatic N) is 1. The second-order valence-corrected chi connectivity index (χ2v) is 5.50. The SMILES string of the molecule is COCCNCc1ccc(N(C)C(C)C)cc1Br. The molecule has 1 rings (SSSR count). The average Bonchev–Trinajstić information content (AvgIpc) is 2.35. The maximum atomic E-state index is 5.01. The normalized spacial score (nSPS) is 11.0. The third kappa shape index (κ3) is 4.59. The summed E-state index contributed by atoms with van der Waals surface area (Å²) >= 11 is 3.64. The van der Waals surface area contributed by atoms with Crippen LogP contribution in [0.5, 0.6) is 0 Å². The highest BCUT2D eigenvalue weighted by molar-refractivity contribution is 9.10. The van der Waals surface area contributed by atoms with Crippen LogP contribution in [0.15, 0.2) is 22.7 Å². The average molecular weight is 315 g/mol. The molecule has 1 aromatic rings. The van der Waals surface area contributed by atoms with E-state index in [1.54, 1.807) is 7.11 Å². The van der Waals surface area contributed by atoms with Crippen molar-refractivity contribution in [3.63, 3.8) is 0 Å². The van der Waals surface area contributed by atoms with E-state index < -0.39 is 0 Å². The molecular formula is C14H23BrN2O. The van der Waals surface area contributed by atoms with Gasteiger partial charge in [0.1, 0.15) is 0 Å². The monoisotopic (exact) mass is 314 g/mol. The number of hydrogen-bond donors (Lipinski definition) is 1. The zero-order valence-electron chi connectivity index (χ0n) is 11.7. The molecule has 0 aliphatic heterocycles. The highest BCUT2D eigenvalue weighted by atomic mass is 79.9. The Morgan fingerprint density at radius 2 is 2.11 bits per heavy atom. The molecule has 0 unspecified atom stereocenters. The molecule has 0 saturated heterocycles. The van der Waals surface area contributed by atoms with E-state index >= 15 is 0 Å². The minimum Gasteiger partial charge on any atom is -0.383 e. The Labute approximate surface area is 119 Å². The number of rotatable bonds is 7. The van der Waals surface area contributed by atoms with Gasteiger partial charge in [-0.1, -0.05) is 22.0 Å². The van der Waals surface area contributed by atoms with Gasteiger partial charge < -0.3 is 15.0 Å². The van der Waals surface area contributed by atoms with E-state index in [1.165, 1.54) is 11.3 Å². The summed E-state index contributed by atoms with van der Waals surface area (Å²) in [6.07, 6.45) is 0. The van der Waals surface area contributed by atoms with Gasteiger partial charge in [0, 0.05) is 43.4 Å². The lowest BCUT2D eigenvalue weighted by atomic mass is 10.2. The van der Waals surface area contributed by atoms with Gasteiger partial charge in [-0.15, -0.1) is 0 Å². The van der Waals surface area contributed by atoms with Crippen molar-refractivity contribution in [2.75, 3.05) is 32.2 Å². The van der Waals surface area contributed by atoms with Gasteiger partial charge in [0.25, 0.3) is 0 Å². The number of methoxy groups -OCH3 is 1. The minimum absolute atomic E-state index is 0.502. The number of hydrogen-bond acceptors (Lipinski definition) is 3. The fourth-order valence-corrected chi connectivity index (χ4v) is 2.10. The summed E-state index contributed by atoms with van der Waals surface area (Å²) in [7, 11) is 3.83. The fraction of sp³-hybridized carbons (Fsp3) is 0.571. The van der Waals surface area contributed by atoms with Crippen molar-refractivity contribution in [3.05, 3.63) is 28.2 Å². The van der Waals surface area contributed by atoms with Crippen LogP contribution in [0.4, 0.5) is 5.69 Å². The van der Waals surface area contributed by atoms with Gasteiger partial charge in [0.15, 0.2) is 0 Å². The zero-order valence-corrected chi connectivity index (χ0v) is 13.3. The Morgan fingerprint density at radius 1 is 1.39 bits per heavy atom. The molecule has 0 radical (unpaired) electrons. The van der Waals surface area contributed by atoms with E-state index in [1.807, 2.05) is 0 Å². The Hall–Kier alpha value is -0.580. The highest BCUT2D eigenvalue weighted by Crippen LogP contribution is 2.24. The molecule has 1 aromatic carbocycles. The van der Waals surface area contributed by atoms with Crippen molar-refractivity contribution in [2.45, 2.75) is 26.4 Å². The van der Waals surface area contributed by atoms with Gasteiger partial charge >= 0.3 is 0 Å². The maximum absolute atomic E-state index is 5.01. The van der Waals surface area contributed by atoms with Gasteiger partial charge in [-0.25, -0.2) is 0 Å². The number of benzene rings is 1. The summed E-state index contributed by atoms with van der Waals surface area (Å²) < 4.78 is 6.16. The van der Waals surface area contributed by atoms with Gasteiger partial charge in [-0.2, -0.15) is 0 Å². The van der Waals surface area contributed by atoms with Crippen LogP contribution in [0, 0.1) is 0 Å². The maximum Gasteiger partial charge on any atom is 0.0587 e. The van der Waals surface area contributed by atoms with Gasteiger partial charge in [0.05, 0.1) is 6.61 Å². The topological polar surface area (TPSA) is 24.5 Å². The molecule has 0 heterocycles. The van der Waals surface area contributed by atoms with E-state index in [0.717, 1.165) is 24.2 Å². The van der Waals surface area contributed by atoms with E-state index in [-0.39, 0.29) is 0 Å². The summed E-state index contributed by atoms with van der Waals surface area (Å²) in [6, 6.07) is 7.01. The van der Waals surface area contributed by atoms with Crippen molar-refractivity contribution < 1.29 is 4.74 Å². The van der Waals surface area contributed by atoms with E-state index in [4.69, 9.17) is 4.74 Å². The lowest BCUT2D eigenvalue weighted by Gasteiger charge is -2.24. The first-order chi connectivity index (χ1) is 8.56. The van der Waals surface area contributed by atoms with Crippen molar-refractivity contribution in [3.8, 4) is 0 Å². The molecule has 3 nitrogen and oxygen atoms in total. The number of ether oxygens (including phenoxy) is 1. The largest absolute Gasteiger partial charge is 0.383 e. The van der Waals surface area contributed by atoms with Crippen LogP contribution in [0.1, 0.15) is 19.4 Å². The highest BCUT2D eigenvalue weighted by Gasteiger charge is 2.07. The van der Waals surface area contributed by atoms with Crippen LogP contribution in [-0.2, 0) is 11.3 Å². The zero-order chi connectivity index (χ0) is 13.5. The molecule has 0 saturated carbocycles. The molecular weight excluding hydrogens is 292 g/mol. The quantitative estimate of drug-likeness (QED) is 0.783. The van der Waals surface area contributed by atoms with Gasteiger partial charge in [0.2, 0.25) is 0 Å². The lowest BCUT2D eigenvalue weighted by Crippen LogP contribution is -2.25. The van der Waals surface area contributed by atoms with Crippen molar-refractivity contribution in [1.82, 2.24) is 5.32 Å². The van der Waals surface area contributed by atoms with Crippen LogP contribution in [0.2, 0.25) is 0 Å². The molecule has 4 heteroatoms. The second kappa shape index (κ2) is 7.77. The first kappa shape index (κ1) is 15.5. The molecule has 1 N–H and O–H groups in total. The molecule has 0 amide bonds. The summed E-state index contributed by atoms with van der Waals surface area (Å²) in [5.74, 6) is 0. The van der Waals surface area contributed by atoms with Gasteiger partial charge in [-0.3, -0.25) is 0 Å². The molecule has 0 aliphatic carbocycles. The van der Waals surface area contributed by atoms with E-state index in [0.29, 0.717) is 6.04 Å². The van der Waals surface area contributed by atoms with Crippen molar-refractivity contribution in [1.29, 1.82) is 0 Å². The van der Waals surface area contributed by atoms with Crippen LogP contribution < -0.4 is 10.2 Å². The van der Waals surface area contributed by atoms with E-state index in [2.05, 4.69) is 65.2 Å². The first-order valence-electron chi connectivity index (χ1n) is 6.27. The van der Waals surface area contributed by atoms with Crippen LogP contribution >= 0.6 is 15.9 Å². The minimum atomic E-state index is 0.502. The standard InChI is InChI=1S/C14H23BrN2O/c1-11(2)17(3)13-6-5-12(14(15)9-13)10-16-7-8-18-4/h5-6,9,11,16H,7-8,10H2,1-4H3. The lowest BCUT2D eigenvalue weighted by molar-refractivity contribution is 0.199. The summed E-state index contributed by atoms with van der Waals surface area (Å²) in [6.45, 7) is 6.85. The molecule has 0 atom stereocenters. The number of anilines is 1. The molecule has 0 aromatic heterocycles. The predicted molar refractivity (Wildman–Crippen MR) is 81.3 cm³/mol. The molecule has 102 valence electrons. The summed E-state index contributed by atoms with van der Waals surface area (Å²) in [4.78, 5) is 2.26. The van der Waals surface area contributed by atoms with Crippen LogP contribution in [-0.4, -0.2) is 33.4 Å². The Kier molecular flexibility index (Phi) is 6.68. The first-order valence-corrected chi connectivity index (χ1v) is 7.06. The Balaban J connectivity index is 2.62. The van der Waals surface area contributed by atoms with Crippen molar-refractivity contribution >= 4 is 21.6 Å². The Bertz CT molecular complexity index is 369. The smallest absolute Gasteiger partial charge is 0.0587 e. The predicted octanol–water partition coefficient (Wildman–Crippen LogP) is 3.03. The van der Waals surface area contributed by atoms with E-state index in [9.17, 15) is 0 Å². The number of nitrogens with one attached hydrogen (secondary N) is 1. The fourth-order valence-electron chi connectivity index (χ4n) is 1.59. The second-order valence-electron chi connectivity index (χ2n) is 4.65. The van der Waals surface area contributed by atoms with Gasteiger partial charge in [-0.05, 0) is 31.5 Å². The Morgan fingerprint density at radius 3 is 2.67 bits per heavy atom. The van der Waals surface area contributed by atoms with Crippen LogP contribution in [0.3, 0.4) is 0 Å². The van der Waals surface area contributed by atoms with Crippen molar-refractivity contribution in [2.24, 2.45) is 0 Å². The van der Waals surface area contributed by atoms with Crippen LogP contribution in [0.25, 0.3) is 0 Å². The molecule has 0 fully saturated rings. The molecule has 18 heavy (non-hydrogen) atoms. The summed E-state index contributed by atoms with van der Waals surface area (Å²) in [5.41, 5.74) is 2.50. The third-order valence-electron chi connectivity index (χ3n) is 3.02.